The van der Waals surface area contributed by atoms with E-state index in [2.05, 4.69) is 5.32 Å². The molecule has 1 heterocycles. The van der Waals surface area contributed by atoms with Crippen LogP contribution in [0.2, 0.25) is 0 Å². The van der Waals surface area contributed by atoms with Crippen molar-refractivity contribution in [3.05, 3.63) is 0 Å². The van der Waals surface area contributed by atoms with Gasteiger partial charge in [0.05, 0.1) is 0 Å². The van der Waals surface area contributed by atoms with Crippen LogP contribution in [0.15, 0.2) is 0 Å². The highest BCUT2D eigenvalue weighted by Gasteiger charge is 2.37. The maximum atomic E-state index is 11.9. The van der Waals surface area contributed by atoms with E-state index in [-0.39, 0.29) is 0 Å². The molecule has 2 N–H and O–H groups in total. The van der Waals surface area contributed by atoms with E-state index >= 15 is 0 Å². The van der Waals surface area contributed by atoms with E-state index in [1.165, 1.54) is 0 Å². The van der Waals surface area contributed by atoms with Gasteiger partial charge in [-0.1, -0.05) is 0 Å². The molecule has 0 aromatic carbocycles. The summed E-state index contributed by atoms with van der Waals surface area (Å²) in [6, 6.07) is 0. The monoisotopic (exact) mass is 229 g/mol. The van der Waals surface area contributed by atoms with Gasteiger partial charge in [-0.25, -0.2) is 0 Å². The Morgan fingerprint density at radius 2 is 2.21 bits per heavy atom. The quantitative estimate of drug-likeness (QED) is 0.761. The Hall–Kier alpha value is 0.0600. The molecule has 0 bridgehead atoms. The summed E-state index contributed by atoms with van der Waals surface area (Å²) < 4.78 is 35.6. The SMILES string of the molecule is OC(CNCC1CCSC1)C(F)(F)F. The van der Waals surface area contributed by atoms with Crippen molar-refractivity contribution >= 4 is 11.8 Å². The molecule has 0 radical (unpaired) electrons. The minimum Gasteiger partial charge on any atom is -0.382 e. The number of nitrogens with one attached hydrogen (secondary N) is 1. The van der Waals surface area contributed by atoms with Gasteiger partial charge in [-0.3, -0.25) is 0 Å². The van der Waals surface area contributed by atoms with Crippen molar-refractivity contribution in [1.82, 2.24) is 5.32 Å². The summed E-state index contributed by atoms with van der Waals surface area (Å²) in [6.07, 6.45) is -5.69. The van der Waals surface area contributed by atoms with Gasteiger partial charge in [0.25, 0.3) is 0 Å². The number of hydrogen-bond donors (Lipinski definition) is 2. The lowest BCUT2D eigenvalue weighted by Crippen LogP contribution is -2.39. The Morgan fingerprint density at radius 1 is 1.50 bits per heavy atom. The Labute approximate surface area is 85.3 Å². The summed E-state index contributed by atoms with van der Waals surface area (Å²) in [5.74, 6) is 2.56. The fourth-order valence-electron chi connectivity index (χ4n) is 1.28. The number of thioether (sulfide) groups is 1. The number of aliphatic hydroxyl groups excluding tert-OH is 1. The summed E-state index contributed by atoms with van der Waals surface area (Å²) in [6.45, 7) is 0.171. The first kappa shape index (κ1) is 12.1. The topological polar surface area (TPSA) is 32.3 Å². The smallest absolute Gasteiger partial charge is 0.382 e. The molecule has 1 rings (SSSR count). The van der Waals surface area contributed by atoms with Crippen molar-refractivity contribution < 1.29 is 18.3 Å². The molecule has 1 aliphatic heterocycles. The molecule has 1 saturated heterocycles. The predicted molar refractivity (Wildman–Crippen MR) is 50.4 cm³/mol. The fraction of sp³-hybridized carbons (Fsp3) is 1.00. The average Bonchev–Trinajstić information content (AvgIpc) is 2.55. The first-order valence-corrected chi connectivity index (χ1v) is 5.69. The zero-order valence-corrected chi connectivity index (χ0v) is 8.50. The molecule has 1 fully saturated rings. The zero-order chi connectivity index (χ0) is 10.6. The molecule has 14 heavy (non-hydrogen) atoms. The maximum Gasteiger partial charge on any atom is 0.415 e. The second-order valence-corrected chi connectivity index (χ2v) is 4.60. The van der Waals surface area contributed by atoms with E-state index in [4.69, 9.17) is 5.11 Å². The highest BCUT2D eigenvalue weighted by Crippen LogP contribution is 2.23. The van der Waals surface area contributed by atoms with Gasteiger partial charge in [0.2, 0.25) is 0 Å². The molecule has 6 heteroatoms. The van der Waals surface area contributed by atoms with Gasteiger partial charge in [-0.15, -0.1) is 0 Å². The highest BCUT2D eigenvalue weighted by molar-refractivity contribution is 7.99. The van der Waals surface area contributed by atoms with Gasteiger partial charge in [0.1, 0.15) is 0 Å². The molecule has 0 amide bonds. The highest BCUT2D eigenvalue weighted by atomic mass is 32.2. The van der Waals surface area contributed by atoms with Crippen molar-refractivity contribution in [3.8, 4) is 0 Å². The number of aliphatic hydroxyl groups is 1. The van der Waals surface area contributed by atoms with E-state index in [1.54, 1.807) is 0 Å². The van der Waals surface area contributed by atoms with Gasteiger partial charge in [-0.2, -0.15) is 24.9 Å². The van der Waals surface area contributed by atoms with Crippen LogP contribution in [0.1, 0.15) is 6.42 Å². The molecule has 0 saturated carbocycles. The summed E-state index contributed by atoms with van der Waals surface area (Å²) in [5.41, 5.74) is 0. The summed E-state index contributed by atoms with van der Waals surface area (Å²) in [5, 5.41) is 11.3. The second kappa shape index (κ2) is 5.23. The van der Waals surface area contributed by atoms with Crippen molar-refractivity contribution in [2.45, 2.75) is 18.7 Å². The Balaban J connectivity index is 2.08. The van der Waals surface area contributed by atoms with E-state index in [0.717, 1.165) is 17.9 Å². The minimum absolute atomic E-state index is 0.398. The van der Waals surface area contributed by atoms with E-state index < -0.39 is 18.8 Å². The number of alkyl halides is 3. The summed E-state index contributed by atoms with van der Waals surface area (Å²) >= 11 is 1.82. The maximum absolute atomic E-state index is 11.9. The normalized spacial score (nSPS) is 25.3. The van der Waals surface area contributed by atoms with Crippen LogP contribution in [-0.4, -0.2) is 42.0 Å². The average molecular weight is 229 g/mol. The van der Waals surface area contributed by atoms with Gasteiger partial charge >= 0.3 is 6.18 Å². The molecule has 2 atom stereocenters. The van der Waals surface area contributed by atoms with Crippen molar-refractivity contribution in [2.24, 2.45) is 5.92 Å². The largest absolute Gasteiger partial charge is 0.415 e. The minimum atomic E-state index is -4.50. The summed E-state index contributed by atoms with van der Waals surface area (Å²) in [4.78, 5) is 0. The molecule has 0 spiro atoms. The molecule has 2 unspecified atom stereocenters. The third-order valence-electron chi connectivity index (χ3n) is 2.17. The number of halogens is 3. The third kappa shape index (κ3) is 4.06. The van der Waals surface area contributed by atoms with E-state index in [9.17, 15) is 13.2 Å². The standard InChI is InChI=1S/C8H14F3NOS/c9-8(10,11)7(13)4-12-3-6-1-2-14-5-6/h6-7,12-13H,1-5H2. The predicted octanol–water partition coefficient (Wildman–Crippen LogP) is 1.25. The van der Waals surface area contributed by atoms with E-state index in [1.807, 2.05) is 11.8 Å². The lowest BCUT2D eigenvalue weighted by molar-refractivity contribution is -0.201. The van der Waals surface area contributed by atoms with Gasteiger partial charge < -0.3 is 10.4 Å². The lowest BCUT2D eigenvalue weighted by atomic mass is 10.1. The van der Waals surface area contributed by atoms with Gasteiger partial charge in [0, 0.05) is 6.54 Å². The van der Waals surface area contributed by atoms with E-state index in [0.29, 0.717) is 12.5 Å². The number of hydrogen-bond acceptors (Lipinski definition) is 3. The third-order valence-corrected chi connectivity index (χ3v) is 3.40. The Kier molecular flexibility index (Phi) is 4.53. The van der Waals surface area contributed by atoms with Crippen LogP contribution in [-0.2, 0) is 0 Å². The lowest BCUT2D eigenvalue weighted by Gasteiger charge is -2.16. The van der Waals surface area contributed by atoms with Crippen molar-refractivity contribution in [3.63, 3.8) is 0 Å². The molecular formula is C8H14F3NOS. The van der Waals surface area contributed by atoms with Gasteiger partial charge in [-0.05, 0) is 30.4 Å². The van der Waals surface area contributed by atoms with Gasteiger partial charge in [0.15, 0.2) is 6.10 Å². The molecule has 1 aliphatic rings. The van der Waals surface area contributed by atoms with Crippen LogP contribution in [0.25, 0.3) is 0 Å². The molecule has 0 aliphatic carbocycles. The van der Waals surface area contributed by atoms with Crippen LogP contribution < -0.4 is 5.32 Å². The van der Waals surface area contributed by atoms with Crippen LogP contribution in [0.4, 0.5) is 13.2 Å². The van der Waals surface area contributed by atoms with Crippen LogP contribution in [0.3, 0.4) is 0 Å². The first-order chi connectivity index (χ1) is 6.50. The van der Waals surface area contributed by atoms with Crippen LogP contribution in [0, 0.1) is 5.92 Å². The summed E-state index contributed by atoms with van der Waals surface area (Å²) in [7, 11) is 0. The van der Waals surface area contributed by atoms with Crippen molar-refractivity contribution in [2.75, 3.05) is 24.6 Å². The Bertz CT molecular complexity index is 170. The number of rotatable bonds is 4. The molecular weight excluding hydrogens is 215 g/mol. The Morgan fingerprint density at radius 3 is 2.71 bits per heavy atom. The zero-order valence-electron chi connectivity index (χ0n) is 7.68. The fourth-order valence-corrected chi connectivity index (χ4v) is 2.57. The molecule has 84 valence electrons. The van der Waals surface area contributed by atoms with Crippen LogP contribution >= 0.6 is 11.8 Å². The first-order valence-electron chi connectivity index (χ1n) is 4.53. The molecule has 2 nitrogen and oxygen atoms in total. The second-order valence-electron chi connectivity index (χ2n) is 3.45. The molecule has 0 aromatic rings. The molecule has 0 aromatic heterocycles. The van der Waals surface area contributed by atoms with Crippen molar-refractivity contribution in [1.29, 1.82) is 0 Å². The van der Waals surface area contributed by atoms with Crippen LogP contribution in [0.5, 0.6) is 0 Å².